The Kier molecular flexibility index (Phi) is 0.997. The average Bonchev–Trinajstić information content (AvgIpc) is 1.77. The minimum atomic E-state index is -0.632. The van der Waals surface area contributed by atoms with E-state index in [1.165, 1.54) is 6.20 Å². The Morgan fingerprint density at radius 1 is 1.75 bits per heavy atom. The molecule has 1 heterocycles. The third kappa shape index (κ3) is 0.676. The van der Waals surface area contributed by atoms with Crippen molar-refractivity contribution in [2.24, 2.45) is 0 Å². The summed E-state index contributed by atoms with van der Waals surface area (Å²) in [5.41, 5.74) is -0.632. The van der Waals surface area contributed by atoms with Gasteiger partial charge in [-0.3, -0.25) is 9.78 Å². The summed E-state index contributed by atoms with van der Waals surface area (Å²) in [6.45, 7) is 0. The summed E-state index contributed by atoms with van der Waals surface area (Å²) in [5.74, 6) is 0. The molecule has 0 saturated heterocycles. The molecule has 0 saturated carbocycles. The third-order valence-electron chi connectivity index (χ3n) is 0.690. The quantitative estimate of drug-likeness (QED) is 0.457. The predicted octanol–water partition coefficient (Wildman–Crippen LogP) is -0.411. The SMILES string of the molecule is O=c1cnccn1[O-]. The predicted molar refractivity (Wildman–Crippen MR) is 27.3 cm³/mol. The largest absolute Gasteiger partial charge is 0.803 e. The maximum atomic E-state index is 10.2. The van der Waals surface area contributed by atoms with Gasteiger partial charge < -0.3 is 9.94 Å². The van der Waals surface area contributed by atoms with Crippen LogP contribution >= 0.6 is 0 Å². The molecule has 0 aliphatic carbocycles. The van der Waals surface area contributed by atoms with E-state index in [0.717, 1.165) is 12.4 Å². The first-order chi connectivity index (χ1) is 3.80. The molecular weight excluding hydrogens is 108 g/mol. The van der Waals surface area contributed by atoms with Gasteiger partial charge in [0.15, 0.2) is 0 Å². The van der Waals surface area contributed by atoms with Crippen molar-refractivity contribution in [3.63, 3.8) is 0 Å². The lowest BCUT2D eigenvalue weighted by atomic mass is 10.7. The molecule has 0 unspecified atom stereocenters. The Morgan fingerprint density at radius 3 is 2.88 bits per heavy atom. The monoisotopic (exact) mass is 111 g/mol. The van der Waals surface area contributed by atoms with Crippen LogP contribution in [0.5, 0.6) is 0 Å². The number of hydrogen-bond donors (Lipinski definition) is 0. The highest BCUT2D eigenvalue weighted by Gasteiger charge is 1.76. The normalized spacial score (nSPS) is 9.00. The van der Waals surface area contributed by atoms with Crippen LogP contribution in [-0.2, 0) is 0 Å². The van der Waals surface area contributed by atoms with Gasteiger partial charge in [0.1, 0.15) is 0 Å². The summed E-state index contributed by atoms with van der Waals surface area (Å²) >= 11 is 0. The minimum absolute atomic E-state index is 0.215. The first-order valence-electron chi connectivity index (χ1n) is 2.01. The van der Waals surface area contributed by atoms with Gasteiger partial charge in [0.25, 0.3) is 5.56 Å². The molecule has 1 aromatic heterocycles. The highest BCUT2D eigenvalue weighted by molar-refractivity contribution is 4.81. The van der Waals surface area contributed by atoms with Crippen molar-refractivity contribution < 1.29 is 0 Å². The van der Waals surface area contributed by atoms with E-state index in [1.54, 1.807) is 0 Å². The van der Waals surface area contributed by atoms with E-state index in [4.69, 9.17) is 0 Å². The van der Waals surface area contributed by atoms with Crippen LogP contribution in [0, 0.1) is 5.21 Å². The van der Waals surface area contributed by atoms with Crippen molar-refractivity contribution in [2.75, 3.05) is 0 Å². The van der Waals surface area contributed by atoms with Gasteiger partial charge in [-0.25, -0.2) is 0 Å². The third-order valence-corrected chi connectivity index (χ3v) is 0.690. The molecule has 0 aliphatic rings. The van der Waals surface area contributed by atoms with Gasteiger partial charge in [-0.05, 0) is 0 Å². The Hall–Kier alpha value is -1.32. The van der Waals surface area contributed by atoms with E-state index in [2.05, 4.69) is 4.98 Å². The summed E-state index contributed by atoms with van der Waals surface area (Å²) in [4.78, 5) is 13.6. The highest BCUT2D eigenvalue weighted by Crippen LogP contribution is 1.67. The maximum Gasteiger partial charge on any atom is 0.264 e. The van der Waals surface area contributed by atoms with Crippen LogP contribution in [0.2, 0.25) is 0 Å². The molecule has 0 N–H and O–H groups in total. The number of rotatable bonds is 0. The molecule has 1 aromatic rings. The average molecular weight is 111 g/mol. The first kappa shape index (κ1) is 4.83. The first-order valence-corrected chi connectivity index (χ1v) is 2.01. The molecule has 0 atom stereocenters. The molecular formula is C4H3N2O2-. The molecule has 4 nitrogen and oxygen atoms in total. The molecule has 0 fully saturated rings. The second-order valence-corrected chi connectivity index (χ2v) is 1.24. The number of nitrogens with zero attached hydrogens (tertiary/aromatic N) is 2. The summed E-state index contributed by atoms with van der Waals surface area (Å²) in [7, 11) is 0. The van der Waals surface area contributed by atoms with E-state index >= 15 is 0 Å². The van der Waals surface area contributed by atoms with Crippen LogP contribution < -0.4 is 5.56 Å². The van der Waals surface area contributed by atoms with Gasteiger partial charge in [0.05, 0.1) is 6.20 Å². The Labute approximate surface area is 45.0 Å². The second kappa shape index (κ2) is 1.65. The van der Waals surface area contributed by atoms with Crippen LogP contribution in [0.4, 0.5) is 0 Å². The van der Waals surface area contributed by atoms with Gasteiger partial charge in [0.2, 0.25) is 0 Å². The summed E-state index contributed by atoms with van der Waals surface area (Å²) in [6, 6.07) is 0. The van der Waals surface area contributed by atoms with Crippen molar-refractivity contribution in [3.8, 4) is 0 Å². The van der Waals surface area contributed by atoms with E-state index in [1.807, 2.05) is 0 Å². The molecule has 0 amide bonds. The van der Waals surface area contributed by atoms with Crippen molar-refractivity contribution in [1.29, 1.82) is 0 Å². The van der Waals surface area contributed by atoms with Gasteiger partial charge in [0, 0.05) is 12.4 Å². The van der Waals surface area contributed by atoms with E-state index in [9.17, 15) is 10.0 Å². The molecule has 0 radical (unpaired) electrons. The van der Waals surface area contributed by atoms with Crippen LogP contribution in [-0.4, -0.2) is 9.71 Å². The lowest BCUT2D eigenvalue weighted by molar-refractivity contribution is 0.966. The number of hydrogen-bond acceptors (Lipinski definition) is 3. The molecule has 0 bridgehead atoms. The Morgan fingerprint density at radius 2 is 2.50 bits per heavy atom. The van der Waals surface area contributed by atoms with E-state index in [-0.39, 0.29) is 4.73 Å². The second-order valence-electron chi connectivity index (χ2n) is 1.24. The zero-order valence-electron chi connectivity index (χ0n) is 3.94. The topological polar surface area (TPSA) is 58.0 Å². The van der Waals surface area contributed by atoms with E-state index < -0.39 is 5.56 Å². The summed E-state index contributed by atoms with van der Waals surface area (Å²) in [5, 5.41) is 10.2. The fourth-order valence-electron chi connectivity index (χ4n) is 0.336. The zero-order valence-corrected chi connectivity index (χ0v) is 3.94. The van der Waals surface area contributed by atoms with E-state index in [0.29, 0.717) is 0 Å². The maximum absolute atomic E-state index is 10.2. The lowest BCUT2D eigenvalue weighted by Gasteiger charge is -2.03. The lowest BCUT2D eigenvalue weighted by Crippen LogP contribution is -2.12. The summed E-state index contributed by atoms with van der Waals surface area (Å²) in [6.07, 6.45) is 3.28. The van der Waals surface area contributed by atoms with Crippen molar-refractivity contribution in [1.82, 2.24) is 9.71 Å². The standard InChI is InChI=1S/C4H3N2O2/c7-4-3-5-1-2-6(4)8/h1-3H/q-1. The molecule has 4 heteroatoms. The molecule has 0 aromatic carbocycles. The van der Waals surface area contributed by atoms with Crippen molar-refractivity contribution in [3.05, 3.63) is 34.2 Å². The number of aromatic nitrogens is 2. The van der Waals surface area contributed by atoms with Crippen molar-refractivity contribution in [2.45, 2.75) is 0 Å². The minimum Gasteiger partial charge on any atom is -0.803 e. The summed E-state index contributed by atoms with van der Waals surface area (Å²) < 4.78 is 0.215. The fourth-order valence-corrected chi connectivity index (χ4v) is 0.336. The van der Waals surface area contributed by atoms with Crippen LogP contribution in [0.3, 0.4) is 0 Å². The van der Waals surface area contributed by atoms with Crippen molar-refractivity contribution >= 4 is 0 Å². The van der Waals surface area contributed by atoms with Gasteiger partial charge in [-0.15, -0.1) is 0 Å². The molecule has 42 valence electrons. The van der Waals surface area contributed by atoms with Gasteiger partial charge >= 0.3 is 0 Å². The van der Waals surface area contributed by atoms with Crippen LogP contribution in [0.15, 0.2) is 23.4 Å². The van der Waals surface area contributed by atoms with Crippen LogP contribution in [0.1, 0.15) is 0 Å². The Bertz CT molecular complexity index is 229. The molecule has 8 heavy (non-hydrogen) atoms. The smallest absolute Gasteiger partial charge is 0.264 e. The molecule has 0 aliphatic heterocycles. The Balaban J connectivity index is 3.35. The van der Waals surface area contributed by atoms with Crippen LogP contribution in [0.25, 0.3) is 0 Å². The molecule has 0 spiro atoms. The van der Waals surface area contributed by atoms with Gasteiger partial charge in [-0.1, -0.05) is 0 Å². The fraction of sp³-hybridized carbons (Fsp3) is 0. The zero-order chi connectivity index (χ0) is 5.98. The molecule has 1 rings (SSSR count). The highest BCUT2D eigenvalue weighted by atomic mass is 16.5. The van der Waals surface area contributed by atoms with Gasteiger partial charge in [-0.2, -0.15) is 0 Å².